The number of aromatic nitrogens is 5. The van der Waals surface area contributed by atoms with Gasteiger partial charge in [0.05, 0.1) is 0 Å². The van der Waals surface area contributed by atoms with Crippen LogP contribution in [-0.4, -0.2) is 72.2 Å². The van der Waals surface area contributed by atoms with Gasteiger partial charge in [-0.05, 0) is 56.8 Å². The minimum absolute atomic E-state index is 0.179. The number of halogens is 1. The molecule has 4 heterocycles. The highest BCUT2D eigenvalue weighted by Gasteiger charge is 2.27. The molecule has 0 aromatic carbocycles. The first kappa shape index (κ1) is 22.0. The Morgan fingerprint density at radius 3 is 2.67 bits per heavy atom. The van der Waals surface area contributed by atoms with E-state index in [9.17, 15) is 4.79 Å². The maximum atomic E-state index is 12.3. The maximum Gasteiger partial charge on any atom is 0.410 e. The van der Waals surface area contributed by atoms with Gasteiger partial charge in [0.25, 0.3) is 0 Å². The van der Waals surface area contributed by atoms with Crippen molar-refractivity contribution in [2.75, 3.05) is 31.5 Å². The van der Waals surface area contributed by atoms with Gasteiger partial charge in [-0.25, -0.2) is 4.79 Å². The van der Waals surface area contributed by atoms with E-state index in [1.54, 1.807) is 4.90 Å². The second kappa shape index (κ2) is 8.49. The van der Waals surface area contributed by atoms with E-state index in [4.69, 9.17) is 16.3 Å². The van der Waals surface area contributed by atoms with Crippen LogP contribution in [0.2, 0.25) is 5.28 Å². The molecule has 1 saturated carbocycles. The van der Waals surface area contributed by atoms with E-state index in [1.165, 1.54) is 12.8 Å². The van der Waals surface area contributed by atoms with E-state index >= 15 is 0 Å². The number of amides is 1. The van der Waals surface area contributed by atoms with Crippen molar-refractivity contribution in [2.24, 2.45) is 0 Å². The second-order valence-electron chi connectivity index (χ2n) is 9.74. The van der Waals surface area contributed by atoms with Gasteiger partial charge >= 0.3 is 6.09 Å². The Morgan fingerprint density at radius 1 is 1.21 bits per heavy atom. The van der Waals surface area contributed by atoms with Crippen LogP contribution in [0, 0.1) is 0 Å². The maximum absolute atomic E-state index is 12.3. The summed E-state index contributed by atoms with van der Waals surface area (Å²) < 4.78 is 7.38. The van der Waals surface area contributed by atoms with Crippen LogP contribution in [0.5, 0.6) is 0 Å². The van der Waals surface area contributed by atoms with Gasteiger partial charge in [0.2, 0.25) is 11.2 Å². The molecule has 33 heavy (non-hydrogen) atoms. The molecule has 3 aromatic heterocycles. The van der Waals surface area contributed by atoms with E-state index < -0.39 is 5.60 Å². The normalized spacial score (nSPS) is 17.5. The summed E-state index contributed by atoms with van der Waals surface area (Å²) in [6.45, 7) is 9.24. The minimum atomic E-state index is -0.482. The van der Waals surface area contributed by atoms with Crippen molar-refractivity contribution in [3.8, 4) is 0 Å². The molecule has 0 atom stereocenters. The van der Waals surface area contributed by atoms with Crippen LogP contribution >= 0.6 is 11.6 Å². The molecule has 0 unspecified atom stereocenters. The monoisotopic (exact) mass is 472 g/mol. The Kier molecular flexibility index (Phi) is 5.65. The molecule has 0 bridgehead atoms. The highest BCUT2D eigenvalue weighted by molar-refractivity contribution is 6.28. The van der Waals surface area contributed by atoms with Crippen molar-refractivity contribution in [2.45, 2.75) is 51.7 Å². The number of fused-ring (bicyclic) bond motifs is 1. The summed E-state index contributed by atoms with van der Waals surface area (Å²) in [6.07, 6.45) is 4.18. The third-order valence-electron chi connectivity index (χ3n) is 5.77. The molecule has 5 rings (SSSR count). The molecule has 10 nitrogen and oxygen atoms in total. The quantitative estimate of drug-likeness (QED) is 0.582. The number of H-pyrrole nitrogens is 1. The first-order chi connectivity index (χ1) is 15.7. The van der Waals surface area contributed by atoms with Gasteiger partial charge in [0, 0.05) is 56.6 Å². The molecule has 1 aliphatic carbocycles. The van der Waals surface area contributed by atoms with Crippen LogP contribution in [0.3, 0.4) is 0 Å². The number of rotatable bonds is 5. The van der Waals surface area contributed by atoms with Gasteiger partial charge < -0.3 is 15.0 Å². The lowest BCUT2D eigenvalue weighted by atomic mass is 10.2. The molecule has 1 aliphatic heterocycles. The van der Waals surface area contributed by atoms with Crippen LogP contribution < -0.4 is 5.32 Å². The topological polar surface area (TPSA) is 104 Å². The zero-order valence-corrected chi connectivity index (χ0v) is 19.9. The minimum Gasteiger partial charge on any atom is -0.444 e. The Labute approximate surface area is 197 Å². The van der Waals surface area contributed by atoms with Crippen LogP contribution in [-0.2, 0) is 11.3 Å². The smallest absolute Gasteiger partial charge is 0.410 e. The first-order valence-electron chi connectivity index (χ1n) is 11.3. The fourth-order valence-corrected chi connectivity index (χ4v) is 4.15. The summed E-state index contributed by atoms with van der Waals surface area (Å²) in [5, 5.41) is 10.9. The van der Waals surface area contributed by atoms with Crippen molar-refractivity contribution < 1.29 is 9.53 Å². The lowest BCUT2D eigenvalue weighted by Gasteiger charge is -2.35. The molecule has 0 spiro atoms. The number of carbonyl (C=O) groups excluding carboxylic acids is 1. The number of hydrogen-bond donors (Lipinski definition) is 2. The van der Waals surface area contributed by atoms with Crippen LogP contribution in [0.4, 0.5) is 16.6 Å². The predicted molar refractivity (Wildman–Crippen MR) is 125 cm³/mol. The summed E-state index contributed by atoms with van der Waals surface area (Å²) in [5.41, 5.74) is 2.48. The Balaban J connectivity index is 1.25. The van der Waals surface area contributed by atoms with Crippen molar-refractivity contribution in [1.82, 2.24) is 34.4 Å². The Bertz CT molecular complexity index is 1160. The van der Waals surface area contributed by atoms with E-state index in [2.05, 4.69) is 30.4 Å². The lowest BCUT2D eigenvalue weighted by Crippen LogP contribution is -2.49. The van der Waals surface area contributed by atoms with Gasteiger partial charge in [-0.15, -0.1) is 0 Å². The van der Waals surface area contributed by atoms with Crippen molar-refractivity contribution in [1.29, 1.82) is 0 Å². The fraction of sp³-hybridized carbons (Fsp3) is 0.545. The van der Waals surface area contributed by atoms with Crippen molar-refractivity contribution in [3.05, 3.63) is 34.9 Å². The predicted octanol–water partition coefficient (Wildman–Crippen LogP) is 3.78. The molecular weight excluding hydrogens is 444 g/mol. The molecule has 0 radical (unpaired) electrons. The zero-order chi connectivity index (χ0) is 23.2. The average molecular weight is 473 g/mol. The lowest BCUT2D eigenvalue weighted by molar-refractivity contribution is 0.0139. The summed E-state index contributed by atoms with van der Waals surface area (Å²) in [5.74, 6) is 1.87. The third-order valence-corrected chi connectivity index (χ3v) is 5.94. The van der Waals surface area contributed by atoms with E-state index in [-0.39, 0.29) is 11.4 Å². The zero-order valence-electron chi connectivity index (χ0n) is 19.1. The van der Waals surface area contributed by atoms with Gasteiger partial charge in [0.1, 0.15) is 11.2 Å². The number of piperazine rings is 1. The van der Waals surface area contributed by atoms with Gasteiger partial charge in [-0.1, -0.05) is 0 Å². The summed E-state index contributed by atoms with van der Waals surface area (Å²) >= 11 is 6.18. The van der Waals surface area contributed by atoms with E-state index in [1.807, 2.05) is 43.5 Å². The molecular formula is C22H29ClN8O2. The largest absolute Gasteiger partial charge is 0.444 e. The number of nitrogens with one attached hydrogen (secondary N) is 2. The number of hydrogen-bond acceptors (Lipinski definition) is 7. The highest BCUT2D eigenvalue weighted by atomic mass is 35.5. The molecule has 2 fully saturated rings. The third kappa shape index (κ3) is 5.22. The molecule has 11 heteroatoms. The van der Waals surface area contributed by atoms with Gasteiger partial charge in [-0.3, -0.25) is 14.4 Å². The average Bonchev–Trinajstić information content (AvgIpc) is 3.35. The van der Waals surface area contributed by atoms with E-state index in [0.717, 1.165) is 36.5 Å². The highest BCUT2D eigenvalue weighted by Crippen LogP contribution is 2.39. The standard InChI is InChI=1S/C22H29ClN8O2/c1-22(2,3)33-21(32)30-8-6-29(7-9-30)12-14-10-18-25-19(23)26-20(31(18)13-14)24-17-11-16(27-28-17)15-4-5-15/h10-11,13,15H,4-9,12H2,1-3H3,(H2,24,25,26,27,28). The van der Waals surface area contributed by atoms with Crippen LogP contribution in [0.1, 0.15) is 50.8 Å². The first-order valence-corrected chi connectivity index (χ1v) is 11.7. The fourth-order valence-electron chi connectivity index (χ4n) is 3.99. The summed E-state index contributed by atoms with van der Waals surface area (Å²) in [6, 6.07) is 4.03. The molecule has 3 aromatic rings. The number of ether oxygens (including phenoxy) is 1. The van der Waals surface area contributed by atoms with Crippen molar-refractivity contribution >= 4 is 35.1 Å². The Hall–Kier alpha value is -2.85. The van der Waals surface area contributed by atoms with Gasteiger partial charge in [-0.2, -0.15) is 15.1 Å². The Morgan fingerprint density at radius 2 is 1.97 bits per heavy atom. The number of anilines is 2. The van der Waals surface area contributed by atoms with Crippen LogP contribution in [0.15, 0.2) is 18.3 Å². The second-order valence-corrected chi connectivity index (χ2v) is 10.1. The number of nitrogens with zero attached hydrogens (tertiary/aromatic N) is 6. The van der Waals surface area contributed by atoms with Crippen molar-refractivity contribution in [3.63, 3.8) is 0 Å². The number of carbonyl (C=O) groups is 1. The van der Waals surface area contributed by atoms with Gasteiger partial charge in [0.15, 0.2) is 5.82 Å². The molecule has 1 amide bonds. The molecule has 176 valence electrons. The molecule has 2 aliphatic rings. The molecule has 2 N–H and O–H groups in total. The van der Waals surface area contributed by atoms with E-state index in [0.29, 0.717) is 30.8 Å². The summed E-state index contributed by atoms with van der Waals surface area (Å²) in [7, 11) is 0. The van der Waals surface area contributed by atoms with Crippen LogP contribution in [0.25, 0.3) is 5.65 Å². The summed E-state index contributed by atoms with van der Waals surface area (Å²) in [4.78, 5) is 25.1. The number of aromatic amines is 1. The SMILES string of the molecule is CC(C)(C)OC(=O)N1CCN(Cc2cc3nc(Cl)nc(Nc4cc(C5CC5)[nH]n4)n3c2)CC1. The molecule has 1 saturated heterocycles.